The summed E-state index contributed by atoms with van der Waals surface area (Å²) in [5.41, 5.74) is 8.90. The second-order valence-electron chi connectivity index (χ2n) is 3.26. The summed E-state index contributed by atoms with van der Waals surface area (Å²) >= 11 is 3.35. The van der Waals surface area contributed by atoms with Crippen molar-refractivity contribution in [3.05, 3.63) is 44.7 Å². The van der Waals surface area contributed by atoms with Gasteiger partial charge in [-0.15, -0.1) is 0 Å². The minimum Gasteiger partial charge on any atom is -0.0831 e. The maximum absolute atomic E-state index is 8.37. The minimum absolute atomic E-state index is 0.477. The minimum atomic E-state index is -0.477. The molecule has 0 atom stereocenters. The second-order valence-corrected chi connectivity index (χ2v) is 4.17. The summed E-state index contributed by atoms with van der Waals surface area (Å²) in [6, 6.07) is 7.76. The zero-order chi connectivity index (χ0) is 9.90. The van der Waals surface area contributed by atoms with E-state index in [1.807, 2.05) is 38.1 Å². The smallest absolute Gasteiger partial charge is 0.0681 e. The quantitative estimate of drug-likeness (QED) is 0.426. The zero-order valence-electron chi connectivity index (χ0n) is 7.53. The van der Waals surface area contributed by atoms with Crippen LogP contribution in [0.3, 0.4) is 0 Å². The Bertz CT molecular complexity index is 336. The third-order valence-electron chi connectivity index (χ3n) is 1.85. The molecule has 0 N–H and O–H groups in total. The van der Waals surface area contributed by atoms with E-state index in [1.54, 1.807) is 0 Å². The van der Waals surface area contributed by atoms with Crippen LogP contribution in [0.5, 0.6) is 0 Å². The topological polar surface area (TPSA) is 48.8 Å². The summed E-state index contributed by atoms with van der Waals surface area (Å²) in [5, 5.41) is 3.72. The molecule has 0 amide bonds. The maximum atomic E-state index is 8.37. The first-order valence-corrected chi connectivity index (χ1v) is 4.68. The van der Waals surface area contributed by atoms with Gasteiger partial charge >= 0.3 is 0 Å². The van der Waals surface area contributed by atoms with Gasteiger partial charge in [0.1, 0.15) is 0 Å². The highest BCUT2D eigenvalue weighted by molar-refractivity contribution is 9.10. The van der Waals surface area contributed by atoms with E-state index < -0.39 is 5.54 Å². The average molecular weight is 240 g/mol. The number of hydrogen-bond donors (Lipinski definition) is 0. The van der Waals surface area contributed by atoms with Crippen LogP contribution in [0, 0.1) is 0 Å². The summed E-state index contributed by atoms with van der Waals surface area (Å²) in [7, 11) is 0. The van der Waals surface area contributed by atoms with E-state index in [4.69, 9.17) is 5.53 Å². The predicted molar refractivity (Wildman–Crippen MR) is 56.3 cm³/mol. The third kappa shape index (κ3) is 2.47. The van der Waals surface area contributed by atoms with Crippen molar-refractivity contribution in [1.82, 2.24) is 0 Å². The van der Waals surface area contributed by atoms with Crippen molar-refractivity contribution in [2.24, 2.45) is 5.11 Å². The summed E-state index contributed by atoms with van der Waals surface area (Å²) in [4.78, 5) is 2.82. The van der Waals surface area contributed by atoms with Crippen LogP contribution >= 0.6 is 15.9 Å². The normalized spacial score (nSPS) is 10.7. The number of hydrogen-bond acceptors (Lipinski definition) is 1. The fourth-order valence-corrected chi connectivity index (χ4v) is 1.29. The Kier molecular flexibility index (Phi) is 2.96. The highest BCUT2D eigenvalue weighted by Gasteiger charge is 2.17. The number of halogens is 1. The van der Waals surface area contributed by atoms with E-state index in [2.05, 4.69) is 26.0 Å². The van der Waals surface area contributed by atoms with E-state index in [9.17, 15) is 0 Å². The van der Waals surface area contributed by atoms with Crippen molar-refractivity contribution < 1.29 is 0 Å². The van der Waals surface area contributed by atoms with Crippen LogP contribution in [0.2, 0.25) is 0 Å². The fraction of sp³-hybridized carbons (Fsp3) is 0.333. The highest BCUT2D eigenvalue weighted by Crippen LogP contribution is 2.25. The lowest BCUT2D eigenvalue weighted by molar-refractivity contribution is 0.550. The Morgan fingerprint density at radius 2 is 1.85 bits per heavy atom. The molecular weight excluding hydrogens is 230 g/mol. The van der Waals surface area contributed by atoms with E-state index in [1.165, 1.54) is 0 Å². The van der Waals surface area contributed by atoms with Crippen molar-refractivity contribution in [3.63, 3.8) is 0 Å². The molecule has 13 heavy (non-hydrogen) atoms. The van der Waals surface area contributed by atoms with E-state index in [-0.39, 0.29) is 0 Å². The van der Waals surface area contributed by atoms with Gasteiger partial charge in [-0.3, -0.25) is 0 Å². The fourth-order valence-electron chi connectivity index (χ4n) is 1.03. The van der Waals surface area contributed by atoms with Crippen LogP contribution in [0.1, 0.15) is 19.4 Å². The Morgan fingerprint density at radius 3 is 2.31 bits per heavy atom. The Hall–Kier alpha value is -0.990. The molecule has 0 aliphatic rings. The van der Waals surface area contributed by atoms with Crippen LogP contribution < -0.4 is 0 Å². The first-order chi connectivity index (χ1) is 6.06. The third-order valence-corrected chi connectivity index (χ3v) is 2.37. The molecule has 0 spiro atoms. The summed E-state index contributed by atoms with van der Waals surface area (Å²) in [6.07, 6.45) is 0. The zero-order valence-corrected chi connectivity index (χ0v) is 9.12. The van der Waals surface area contributed by atoms with Gasteiger partial charge in [-0.05, 0) is 23.2 Å². The molecule has 0 saturated carbocycles. The molecule has 3 nitrogen and oxygen atoms in total. The molecule has 0 radical (unpaired) electrons. The molecule has 4 heteroatoms. The van der Waals surface area contributed by atoms with Crippen LogP contribution in [-0.4, -0.2) is 0 Å². The SMILES string of the molecule is CC(C)(N=[N+]=[N-])c1ccc(Br)cc1. The molecule has 0 aliphatic carbocycles. The van der Waals surface area contributed by atoms with E-state index >= 15 is 0 Å². The number of rotatable bonds is 2. The Balaban J connectivity index is 3.07. The van der Waals surface area contributed by atoms with Crippen LogP contribution in [0.4, 0.5) is 0 Å². The molecule has 0 aromatic heterocycles. The average Bonchev–Trinajstić information content (AvgIpc) is 2.05. The lowest BCUT2D eigenvalue weighted by Crippen LogP contribution is -2.11. The van der Waals surface area contributed by atoms with Crippen LogP contribution in [0.15, 0.2) is 33.9 Å². The molecule has 1 rings (SSSR count). The van der Waals surface area contributed by atoms with Crippen molar-refractivity contribution in [2.75, 3.05) is 0 Å². The molecule has 1 aromatic rings. The molecule has 0 unspecified atom stereocenters. The largest absolute Gasteiger partial charge is 0.0831 e. The maximum Gasteiger partial charge on any atom is 0.0681 e. The van der Waals surface area contributed by atoms with Gasteiger partial charge in [0.25, 0.3) is 0 Å². The van der Waals surface area contributed by atoms with E-state index in [0.717, 1.165) is 10.0 Å². The van der Waals surface area contributed by atoms with Crippen molar-refractivity contribution in [1.29, 1.82) is 0 Å². The first-order valence-electron chi connectivity index (χ1n) is 3.88. The van der Waals surface area contributed by atoms with Gasteiger partial charge in [0.2, 0.25) is 0 Å². The second kappa shape index (κ2) is 3.81. The lowest BCUT2D eigenvalue weighted by atomic mass is 9.96. The van der Waals surface area contributed by atoms with Crippen LogP contribution in [0.25, 0.3) is 10.4 Å². The lowest BCUT2D eigenvalue weighted by Gasteiger charge is -2.17. The molecule has 0 fully saturated rings. The molecule has 1 aromatic carbocycles. The van der Waals surface area contributed by atoms with Gasteiger partial charge in [-0.2, -0.15) is 0 Å². The van der Waals surface area contributed by atoms with Gasteiger partial charge in [-0.25, -0.2) is 0 Å². The molecular formula is C9H10BrN3. The summed E-state index contributed by atoms with van der Waals surface area (Å²) < 4.78 is 1.02. The molecule has 0 saturated heterocycles. The van der Waals surface area contributed by atoms with Crippen molar-refractivity contribution >= 4 is 15.9 Å². The summed E-state index contributed by atoms with van der Waals surface area (Å²) in [5.74, 6) is 0. The first kappa shape index (κ1) is 10.1. The van der Waals surface area contributed by atoms with Crippen LogP contribution in [-0.2, 0) is 5.54 Å². The molecule has 68 valence electrons. The number of azide groups is 1. The Morgan fingerprint density at radius 1 is 1.31 bits per heavy atom. The van der Waals surface area contributed by atoms with Gasteiger partial charge in [0.15, 0.2) is 0 Å². The predicted octanol–water partition coefficient (Wildman–Crippen LogP) is 3.99. The monoisotopic (exact) mass is 239 g/mol. The summed E-state index contributed by atoms with van der Waals surface area (Å²) in [6.45, 7) is 3.77. The molecule has 0 bridgehead atoms. The van der Waals surface area contributed by atoms with Gasteiger partial charge in [0, 0.05) is 9.38 Å². The van der Waals surface area contributed by atoms with Crippen molar-refractivity contribution in [3.8, 4) is 0 Å². The highest BCUT2D eigenvalue weighted by atomic mass is 79.9. The van der Waals surface area contributed by atoms with Gasteiger partial charge in [-0.1, -0.05) is 47.0 Å². The standard InChI is InChI=1S/C9H10BrN3/c1-9(2,12-13-11)7-3-5-8(10)6-4-7/h3-6H,1-2H3. The number of nitrogens with zero attached hydrogens (tertiary/aromatic N) is 3. The van der Waals surface area contributed by atoms with E-state index in [0.29, 0.717) is 0 Å². The molecule has 0 heterocycles. The number of benzene rings is 1. The molecule has 0 aliphatic heterocycles. The van der Waals surface area contributed by atoms with Gasteiger partial charge in [0.05, 0.1) is 5.54 Å². The Labute approximate surface area is 85.5 Å². The van der Waals surface area contributed by atoms with Crippen molar-refractivity contribution in [2.45, 2.75) is 19.4 Å². The van der Waals surface area contributed by atoms with Gasteiger partial charge < -0.3 is 0 Å².